The molecule has 106 valence electrons. The molecule has 0 heterocycles. The van der Waals surface area contributed by atoms with Crippen LogP contribution in [0.4, 0.5) is 13.2 Å². The predicted molar refractivity (Wildman–Crippen MR) is 64.7 cm³/mol. The minimum atomic E-state index is -4.71. The summed E-state index contributed by atoms with van der Waals surface area (Å²) >= 11 is 0. The maximum atomic E-state index is 12.2. The lowest BCUT2D eigenvalue weighted by Crippen LogP contribution is -2.31. The van der Waals surface area contributed by atoms with Crippen LogP contribution in [0.2, 0.25) is 0 Å². The van der Waals surface area contributed by atoms with Crippen LogP contribution in [0.15, 0.2) is 24.3 Å². The van der Waals surface area contributed by atoms with Gasteiger partial charge in [-0.3, -0.25) is 0 Å². The summed E-state index contributed by atoms with van der Waals surface area (Å²) in [5.74, 6) is 0.270. The first kappa shape index (κ1) is 14.2. The summed E-state index contributed by atoms with van der Waals surface area (Å²) in [6.07, 6.45) is -1.81. The van der Waals surface area contributed by atoms with E-state index in [0.29, 0.717) is 24.3 Å². The molecule has 1 fully saturated rings. The van der Waals surface area contributed by atoms with E-state index in [1.165, 1.54) is 18.2 Å². The largest absolute Gasteiger partial charge is 0.573 e. The monoisotopic (exact) mass is 274 g/mol. The Bertz CT molecular complexity index is 435. The molecule has 1 aliphatic carbocycles. The fourth-order valence-electron chi connectivity index (χ4n) is 2.51. The third-order valence-corrected chi connectivity index (χ3v) is 3.71. The second kappa shape index (κ2) is 5.04. The summed E-state index contributed by atoms with van der Waals surface area (Å²) in [6.45, 7) is 2.11. The van der Waals surface area contributed by atoms with E-state index < -0.39 is 12.0 Å². The van der Waals surface area contributed by atoms with E-state index in [9.17, 15) is 18.3 Å². The zero-order valence-electron chi connectivity index (χ0n) is 10.7. The van der Waals surface area contributed by atoms with Crippen molar-refractivity contribution >= 4 is 0 Å². The lowest BCUT2D eigenvalue weighted by atomic mass is 9.76. The van der Waals surface area contributed by atoms with Crippen LogP contribution in [0, 0.1) is 5.92 Å². The molecule has 1 aliphatic rings. The number of ether oxygens (including phenoxy) is 1. The van der Waals surface area contributed by atoms with Crippen molar-refractivity contribution in [3.8, 4) is 5.75 Å². The molecule has 1 N–H and O–H groups in total. The number of aliphatic hydroxyl groups is 1. The van der Waals surface area contributed by atoms with Crippen molar-refractivity contribution in [1.82, 2.24) is 0 Å². The Hall–Kier alpha value is -1.23. The van der Waals surface area contributed by atoms with Gasteiger partial charge in [-0.15, -0.1) is 13.2 Å². The van der Waals surface area contributed by atoms with Gasteiger partial charge in [-0.05, 0) is 49.3 Å². The summed E-state index contributed by atoms with van der Waals surface area (Å²) in [4.78, 5) is 0. The van der Waals surface area contributed by atoms with Gasteiger partial charge in [-0.1, -0.05) is 19.1 Å². The average molecular weight is 274 g/mol. The molecule has 2 rings (SSSR count). The Labute approximate surface area is 110 Å². The van der Waals surface area contributed by atoms with Crippen LogP contribution in [-0.2, 0) is 5.60 Å². The van der Waals surface area contributed by atoms with Crippen LogP contribution < -0.4 is 4.74 Å². The van der Waals surface area contributed by atoms with E-state index in [1.807, 2.05) is 0 Å². The van der Waals surface area contributed by atoms with Gasteiger partial charge in [0.1, 0.15) is 5.75 Å². The minimum Gasteiger partial charge on any atom is -0.406 e. The van der Waals surface area contributed by atoms with Crippen molar-refractivity contribution in [3.63, 3.8) is 0 Å². The molecule has 5 heteroatoms. The lowest BCUT2D eigenvalue weighted by molar-refractivity contribution is -0.274. The molecular weight excluding hydrogens is 257 g/mol. The number of hydrogen-bond donors (Lipinski definition) is 1. The molecule has 0 amide bonds. The van der Waals surface area contributed by atoms with E-state index in [1.54, 1.807) is 6.07 Å². The van der Waals surface area contributed by atoms with Crippen LogP contribution in [0.3, 0.4) is 0 Å². The highest BCUT2D eigenvalue weighted by atomic mass is 19.4. The van der Waals surface area contributed by atoms with Gasteiger partial charge in [-0.2, -0.15) is 0 Å². The molecule has 1 aromatic carbocycles. The molecular formula is C14H17F3O2. The zero-order valence-corrected chi connectivity index (χ0v) is 10.7. The summed E-state index contributed by atoms with van der Waals surface area (Å²) in [5.41, 5.74) is -0.529. The van der Waals surface area contributed by atoms with Crippen molar-refractivity contribution in [2.75, 3.05) is 0 Å². The molecule has 0 unspecified atom stereocenters. The van der Waals surface area contributed by atoms with Gasteiger partial charge in [0.05, 0.1) is 5.60 Å². The minimum absolute atomic E-state index is 0.281. The Kier molecular flexibility index (Phi) is 3.76. The highest BCUT2D eigenvalue weighted by molar-refractivity contribution is 5.32. The molecule has 0 aromatic heterocycles. The topological polar surface area (TPSA) is 29.5 Å². The first-order valence-electron chi connectivity index (χ1n) is 6.37. The van der Waals surface area contributed by atoms with Gasteiger partial charge in [0.25, 0.3) is 0 Å². The molecule has 0 atom stereocenters. The molecule has 1 aromatic rings. The highest BCUT2D eigenvalue weighted by Gasteiger charge is 2.35. The van der Waals surface area contributed by atoms with E-state index in [4.69, 9.17) is 0 Å². The number of halogens is 3. The standard InChI is InChI=1S/C14H17F3O2/c1-10-5-7-13(18,8-6-10)11-3-2-4-12(9-11)19-14(15,16)17/h2-4,9-10,18H,5-8H2,1H3. The first-order valence-corrected chi connectivity index (χ1v) is 6.37. The Morgan fingerprint density at radius 2 is 1.89 bits per heavy atom. The number of alkyl halides is 3. The molecule has 0 radical (unpaired) electrons. The third-order valence-electron chi connectivity index (χ3n) is 3.71. The average Bonchev–Trinajstić information content (AvgIpc) is 2.31. The van der Waals surface area contributed by atoms with Crippen LogP contribution in [0.5, 0.6) is 5.75 Å². The fourth-order valence-corrected chi connectivity index (χ4v) is 2.51. The van der Waals surface area contributed by atoms with Gasteiger partial charge in [0.2, 0.25) is 0 Å². The highest BCUT2D eigenvalue weighted by Crippen LogP contribution is 2.40. The van der Waals surface area contributed by atoms with E-state index in [-0.39, 0.29) is 5.75 Å². The first-order chi connectivity index (χ1) is 8.78. The predicted octanol–water partition coefficient (Wildman–Crippen LogP) is 3.98. The van der Waals surface area contributed by atoms with Crippen molar-refractivity contribution in [3.05, 3.63) is 29.8 Å². The van der Waals surface area contributed by atoms with Gasteiger partial charge in [-0.25, -0.2) is 0 Å². The second-order valence-corrected chi connectivity index (χ2v) is 5.29. The fraction of sp³-hybridized carbons (Fsp3) is 0.571. The Morgan fingerprint density at radius 3 is 2.47 bits per heavy atom. The van der Waals surface area contributed by atoms with Gasteiger partial charge < -0.3 is 9.84 Å². The van der Waals surface area contributed by atoms with Crippen molar-refractivity contribution in [1.29, 1.82) is 0 Å². The maximum absolute atomic E-state index is 12.2. The summed E-state index contributed by atoms with van der Waals surface area (Å²) in [5, 5.41) is 10.5. The summed E-state index contributed by atoms with van der Waals surface area (Å²) < 4.78 is 40.4. The number of hydrogen-bond acceptors (Lipinski definition) is 2. The normalized spacial score (nSPS) is 28.2. The smallest absolute Gasteiger partial charge is 0.406 e. The molecule has 0 saturated heterocycles. The van der Waals surface area contributed by atoms with E-state index >= 15 is 0 Å². The van der Waals surface area contributed by atoms with Crippen LogP contribution in [0.1, 0.15) is 38.2 Å². The van der Waals surface area contributed by atoms with E-state index in [0.717, 1.165) is 12.8 Å². The molecule has 0 aliphatic heterocycles. The third kappa shape index (κ3) is 3.62. The quantitative estimate of drug-likeness (QED) is 0.883. The van der Waals surface area contributed by atoms with Crippen LogP contribution >= 0.6 is 0 Å². The van der Waals surface area contributed by atoms with Gasteiger partial charge in [0, 0.05) is 0 Å². The molecule has 2 nitrogen and oxygen atoms in total. The Balaban J connectivity index is 2.18. The molecule has 19 heavy (non-hydrogen) atoms. The van der Waals surface area contributed by atoms with Crippen molar-refractivity contribution in [2.45, 2.75) is 44.6 Å². The maximum Gasteiger partial charge on any atom is 0.573 e. The van der Waals surface area contributed by atoms with Crippen molar-refractivity contribution in [2.24, 2.45) is 5.92 Å². The lowest BCUT2D eigenvalue weighted by Gasteiger charge is -2.35. The summed E-state index contributed by atoms with van der Waals surface area (Å²) in [7, 11) is 0. The summed E-state index contributed by atoms with van der Waals surface area (Å²) in [6, 6.07) is 5.65. The zero-order chi connectivity index (χ0) is 14.1. The Morgan fingerprint density at radius 1 is 1.26 bits per heavy atom. The molecule has 1 saturated carbocycles. The molecule has 0 spiro atoms. The van der Waals surface area contributed by atoms with Crippen LogP contribution in [-0.4, -0.2) is 11.5 Å². The number of rotatable bonds is 2. The molecule has 0 bridgehead atoms. The van der Waals surface area contributed by atoms with Crippen LogP contribution in [0.25, 0.3) is 0 Å². The SMILES string of the molecule is CC1CCC(O)(c2cccc(OC(F)(F)F)c2)CC1. The van der Waals surface area contributed by atoms with Gasteiger partial charge in [0.15, 0.2) is 0 Å². The van der Waals surface area contributed by atoms with Crippen molar-refractivity contribution < 1.29 is 23.0 Å². The second-order valence-electron chi connectivity index (χ2n) is 5.29. The van der Waals surface area contributed by atoms with E-state index in [2.05, 4.69) is 11.7 Å². The number of benzene rings is 1. The van der Waals surface area contributed by atoms with Gasteiger partial charge >= 0.3 is 6.36 Å².